The van der Waals surface area contributed by atoms with E-state index in [2.05, 4.69) is 15.5 Å². The largest absolute Gasteiger partial charge is 0.489 e. The van der Waals surface area contributed by atoms with Crippen LogP contribution in [0.3, 0.4) is 0 Å². The summed E-state index contributed by atoms with van der Waals surface area (Å²) < 4.78 is 18.8. The summed E-state index contributed by atoms with van der Waals surface area (Å²) in [4.78, 5) is 0. The van der Waals surface area contributed by atoms with Crippen LogP contribution < -0.4 is 10.1 Å². The van der Waals surface area contributed by atoms with Gasteiger partial charge in [0.25, 0.3) is 0 Å². The molecule has 0 aliphatic rings. The summed E-state index contributed by atoms with van der Waals surface area (Å²) in [6.45, 7) is 3.46. The summed E-state index contributed by atoms with van der Waals surface area (Å²) in [6.07, 6.45) is 2.59. The minimum atomic E-state index is -0.280. The van der Waals surface area contributed by atoms with Crippen molar-refractivity contribution in [3.05, 3.63) is 48.0 Å². The number of aromatic amines is 1. The SMILES string of the molecule is CC[C@H](CNCc1ccn[nH]1)Oc1cccc(F)c1. The van der Waals surface area contributed by atoms with Crippen molar-refractivity contribution in [1.82, 2.24) is 15.5 Å². The summed E-state index contributed by atoms with van der Waals surface area (Å²) in [5.74, 6) is 0.285. The van der Waals surface area contributed by atoms with Crippen LogP contribution in [0.25, 0.3) is 0 Å². The summed E-state index contributed by atoms with van der Waals surface area (Å²) >= 11 is 0. The van der Waals surface area contributed by atoms with Crippen LogP contribution in [0.4, 0.5) is 4.39 Å². The lowest BCUT2D eigenvalue weighted by atomic mass is 10.2. The van der Waals surface area contributed by atoms with Crippen molar-refractivity contribution < 1.29 is 9.13 Å². The van der Waals surface area contributed by atoms with Gasteiger partial charge >= 0.3 is 0 Å². The fourth-order valence-electron chi connectivity index (χ4n) is 1.75. The summed E-state index contributed by atoms with van der Waals surface area (Å²) in [6, 6.07) is 8.14. The van der Waals surface area contributed by atoms with Crippen molar-refractivity contribution in [2.24, 2.45) is 0 Å². The smallest absolute Gasteiger partial charge is 0.126 e. The van der Waals surface area contributed by atoms with Crippen molar-refractivity contribution in [2.45, 2.75) is 26.0 Å². The molecule has 4 nitrogen and oxygen atoms in total. The van der Waals surface area contributed by atoms with E-state index in [1.165, 1.54) is 12.1 Å². The number of H-pyrrole nitrogens is 1. The van der Waals surface area contributed by atoms with Gasteiger partial charge in [0.05, 0.1) is 0 Å². The molecule has 0 bridgehead atoms. The number of aromatic nitrogens is 2. The zero-order chi connectivity index (χ0) is 13.5. The van der Waals surface area contributed by atoms with E-state index in [4.69, 9.17) is 4.74 Å². The first-order valence-corrected chi connectivity index (χ1v) is 6.39. The standard InChI is InChI=1S/C14H18FN3O/c1-2-13(10-16-9-12-6-7-17-18-12)19-14-5-3-4-11(15)8-14/h3-8,13,16H,2,9-10H2,1H3,(H,17,18)/t13-/m1/s1. The second kappa shape index (κ2) is 6.89. The Morgan fingerprint density at radius 3 is 3.00 bits per heavy atom. The third-order valence-corrected chi connectivity index (χ3v) is 2.80. The van der Waals surface area contributed by atoms with Gasteiger partial charge in [-0.1, -0.05) is 13.0 Å². The molecule has 0 aliphatic heterocycles. The lowest BCUT2D eigenvalue weighted by Crippen LogP contribution is -2.30. The van der Waals surface area contributed by atoms with E-state index in [1.807, 2.05) is 13.0 Å². The van der Waals surface area contributed by atoms with Gasteiger partial charge in [-0.05, 0) is 24.6 Å². The number of benzene rings is 1. The molecule has 102 valence electrons. The number of nitrogens with zero attached hydrogens (tertiary/aromatic N) is 1. The van der Waals surface area contributed by atoms with Crippen molar-refractivity contribution in [3.8, 4) is 5.75 Å². The van der Waals surface area contributed by atoms with Crippen LogP contribution in [0.5, 0.6) is 5.75 Å². The second-order valence-corrected chi connectivity index (χ2v) is 4.32. The minimum absolute atomic E-state index is 0.0183. The molecule has 0 saturated heterocycles. The van der Waals surface area contributed by atoms with Gasteiger partial charge in [0.1, 0.15) is 17.7 Å². The molecule has 0 amide bonds. The second-order valence-electron chi connectivity index (χ2n) is 4.32. The highest BCUT2D eigenvalue weighted by Gasteiger charge is 2.08. The molecular weight excluding hydrogens is 245 g/mol. The van der Waals surface area contributed by atoms with Crippen molar-refractivity contribution in [2.75, 3.05) is 6.54 Å². The Labute approximate surface area is 112 Å². The first kappa shape index (κ1) is 13.5. The van der Waals surface area contributed by atoms with Gasteiger partial charge in [0, 0.05) is 31.0 Å². The number of ether oxygens (including phenoxy) is 1. The van der Waals surface area contributed by atoms with E-state index < -0.39 is 0 Å². The molecule has 0 fully saturated rings. The van der Waals surface area contributed by atoms with E-state index in [9.17, 15) is 4.39 Å². The fourth-order valence-corrected chi connectivity index (χ4v) is 1.75. The van der Waals surface area contributed by atoms with Crippen molar-refractivity contribution in [3.63, 3.8) is 0 Å². The molecule has 5 heteroatoms. The Kier molecular flexibility index (Phi) is 4.92. The zero-order valence-electron chi connectivity index (χ0n) is 10.9. The first-order chi connectivity index (χ1) is 9.28. The molecule has 1 atom stereocenters. The van der Waals surface area contributed by atoms with Crippen molar-refractivity contribution in [1.29, 1.82) is 0 Å². The van der Waals surface area contributed by atoms with Gasteiger partial charge in [0.15, 0.2) is 0 Å². The van der Waals surface area contributed by atoms with Crippen molar-refractivity contribution >= 4 is 0 Å². The Balaban J connectivity index is 1.80. The maximum atomic E-state index is 13.1. The lowest BCUT2D eigenvalue weighted by Gasteiger charge is -2.18. The van der Waals surface area contributed by atoms with E-state index in [0.717, 1.165) is 12.1 Å². The van der Waals surface area contributed by atoms with Crippen LogP contribution in [0.15, 0.2) is 36.5 Å². The number of rotatable bonds is 7. The Morgan fingerprint density at radius 2 is 2.32 bits per heavy atom. The zero-order valence-corrected chi connectivity index (χ0v) is 10.9. The molecule has 2 N–H and O–H groups in total. The maximum absolute atomic E-state index is 13.1. The Hall–Kier alpha value is -1.88. The predicted molar refractivity (Wildman–Crippen MR) is 71.4 cm³/mol. The molecule has 1 aromatic carbocycles. The van der Waals surface area contributed by atoms with Gasteiger partial charge in [0.2, 0.25) is 0 Å². The van der Waals surface area contributed by atoms with Gasteiger partial charge < -0.3 is 10.1 Å². The highest BCUT2D eigenvalue weighted by atomic mass is 19.1. The van der Waals surface area contributed by atoms with E-state index in [0.29, 0.717) is 18.8 Å². The van der Waals surface area contributed by atoms with Crippen LogP contribution in [0, 0.1) is 5.82 Å². The van der Waals surface area contributed by atoms with Crippen LogP contribution in [-0.4, -0.2) is 22.8 Å². The van der Waals surface area contributed by atoms with Gasteiger partial charge in [-0.15, -0.1) is 0 Å². The summed E-state index contributed by atoms with van der Waals surface area (Å²) in [5.41, 5.74) is 1.03. The fraction of sp³-hybridized carbons (Fsp3) is 0.357. The Bertz CT molecular complexity index is 487. The van der Waals surface area contributed by atoms with Crippen LogP contribution in [-0.2, 0) is 6.54 Å². The van der Waals surface area contributed by atoms with Crippen LogP contribution in [0.1, 0.15) is 19.0 Å². The van der Waals surface area contributed by atoms with Gasteiger partial charge in [-0.2, -0.15) is 5.10 Å². The van der Waals surface area contributed by atoms with E-state index >= 15 is 0 Å². The minimum Gasteiger partial charge on any atom is -0.489 e. The molecule has 1 heterocycles. The average Bonchev–Trinajstić information content (AvgIpc) is 2.91. The summed E-state index contributed by atoms with van der Waals surface area (Å²) in [7, 11) is 0. The number of halogens is 1. The molecule has 0 spiro atoms. The average molecular weight is 263 g/mol. The molecule has 19 heavy (non-hydrogen) atoms. The van der Waals surface area contributed by atoms with Gasteiger partial charge in [-0.25, -0.2) is 4.39 Å². The quantitative estimate of drug-likeness (QED) is 0.807. The highest BCUT2D eigenvalue weighted by molar-refractivity contribution is 5.22. The van der Waals surface area contributed by atoms with E-state index in [-0.39, 0.29) is 11.9 Å². The predicted octanol–water partition coefficient (Wildman–Crippen LogP) is 2.50. The van der Waals surface area contributed by atoms with E-state index in [1.54, 1.807) is 18.3 Å². The highest BCUT2D eigenvalue weighted by Crippen LogP contribution is 2.14. The number of hydrogen-bond acceptors (Lipinski definition) is 3. The molecule has 0 radical (unpaired) electrons. The first-order valence-electron chi connectivity index (χ1n) is 6.39. The molecule has 0 unspecified atom stereocenters. The Morgan fingerprint density at radius 1 is 1.42 bits per heavy atom. The monoisotopic (exact) mass is 263 g/mol. The molecule has 0 aliphatic carbocycles. The maximum Gasteiger partial charge on any atom is 0.126 e. The molecule has 2 rings (SSSR count). The van der Waals surface area contributed by atoms with Crippen LogP contribution >= 0.6 is 0 Å². The summed E-state index contributed by atoms with van der Waals surface area (Å²) in [5, 5.41) is 10.0. The molecular formula is C14H18FN3O. The number of nitrogens with one attached hydrogen (secondary N) is 2. The normalized spacial score (nSPS) is 12.3. The topological polar surface area (TPSA) is 49.9 Å². The number of hydrogen-bond donors (Lipinski definition) is 2. The van der Waals surface area contributed by atoms with Gasteiger partial charge in [-0.3, -0.25) is 5.10 Å². The third-order valence-electron chi connectivity index (χ3n) is 2.80. The van der Waals surface area contributed by atoms with Crippen LogP contribution in [0.2, 0.25) is 0 Å². The molecule has 1 aromatic heterocycles. The lowest BCUT2D eigenvalue weighted by molar-refractivity contribution is 0.192. The molecule has 0 saturated carbocycles. The third kappa shape index (κ3) is 4.37. The molecule has 2 aromatic rings.